The SMILES string of the molecule is CC(F)(F)C(C)(C)NS(=O)(=O)Cc1cc(F)ccc1Cl. The zero-order valence-electron chi connectivity index (χ0n) is 11.2. The van der Waals surface area contributed by atoms with Crippen molar-refractivity contribution in [1.29, 1.82) is 0 Å². The molecule has 114 valence electrons. The summed E-state index contributed by atoms with van der Waals surface area (Å²) in [5, 5.41) is 0.0536. The smallest absolute Gasteiger partial charge is 0.212 e. The second kappa shape index (κ2) is 5.54. The van der Waals surface area contributed by atoms with E-state index in [0.29, 0.717) is 6.92 Å². The molecule has 8 heteroatoms. The van der Waals surface area contributed by atoms with Gasteiger partial charge in [0, 0.05) is 11.9 Å². The number of sulfonamides is 1. The summed E-state index contributed by atoms with van der Waals surface area (Å²) in [6.45, 7) is 2.75. The van der Waals surface area contributed by atoms with Crippen LogP contribution in [-0.4, -0.2) is 19.9 Å². The molecule has 0 unspecified atom stereocenters. The molecule has 0 heterocycles. The first-order valence-electron chi connectivity index (χ1n) is 5.67. The highest BCUT2D eigenvalue weighted by Crippen LogP contribution is 2.29. The van der Waals surface area contributed by atoms with Gasteiger partial charge in [-0.3, -0.25) is 0 Å². The lowest BCUT2D eigenvalue weighted by atomic mass is 10.00. The van der Waals surface area contributed by atoms with Gasteiger partial charge in [-0.25, -0.2) is 26.3 Å². The van der Waals surface area contributed by atoms with Crippen LogP contribution in [0, 0.1) is 5.82 Å². The second-order valence-electron chi connectivity index (χ2n) is 5.11. The van der Waals surface area contributed by atoms with E-state index in [2.05, 4.69) is 0 Å². The van der Waals surface area contributed by atoms with E-state index < -0.39 is 33.1 Å². The lowest BCUT2D eigenvalue weighted by Gasteiger charge is -2.31. The van der Waals surface area contributed by atoms with Crippen molar-refractivity contribution < 1.29 is 21.6 Å². The van der Waals surface area contributed by atoms with Crippen LogP contribution in [-0.2, 0) is 15.8 Å². The van der Waals surface area contributed by atoms with Crippen LogP contribution in [0.5, 0.6) is 0 Å². The minimum absolute atomic E-state index is 0.00869. The molecule has 0 saturated carbocycles. The molecule has 0 aliphatic rings. The van der Waals surface area contributed by atoms with Gasteiger partial charge in [0.15, 0.2) is 0 Å². The summed E-state index contributed by atoms with van der Waals surface area (Å²) < 4.78 is 65.4. The molecule has 0 spiro atoms. The molecule has 1 aromatic rings. The number of alkyl halides is 2. The van der Waals surface area contributed by atoms with E-state index >= 15 is 0 Å². The van der Waals surface area contributed by atoms with E-state index in [4.69, 9.17) is 11.6 Å². The van der Waals surface area contributed by atoms with Crippen molar-refractivity contribution in [2.45, 2.75) is 38.0 Å². The average molecular weight is 330 g/mol. The van der Waals surface area contributed by atoms with Gasteiger partial charge in [-0.2, -0.15) is 0 Å². The first-order chi connectivity index (χ1) is 8.84. The lowest BCUT2D eigenvalue weighted by molar-refractivity contribution is -0.0488. The van der Waals surface area contributed by atoms with Crippen LogP contribution in [0.15, 0.2) is 18.2 Å². The largest absolute Gasteiger partial charge is 0.263 e. The third-order valence-electron chi connectivity index (χ3n) is 2.86. The molecule has 0 atom stereocenters. The van der Waals surface area contributed by atoms with Crippen molar-refractivity contribution in [2.75, 3.05) is 0 Å². The summed E-state index contributed by atoms with van der Waals surface area (Å²) in [4.78, 5) is 0. The Morgan fingerprint density at radius 3 is 2.30 bits per heavy atom. The van der Waals surface area contributed by atoms with Crippen molar-refractivity contribution in [3.05, 3.63) is 34.6 Å². The zero-order valence-corrected chi connectivity index (χ0v) is 12.7. The molecule has 0 amide bonds. The fourth-order valence-corrected chi connectivity index (χ4v) is 3.31. The van der Waals surface area contributed by atoms with Gasteiger partial charge in [0.2, 0.25) is 10.0 Å². The van der Waals surface area contributed by atoms with Gasteiger partial charge in [-0.1, -0.05) is 11.6 Å². The first-order valence-corrected chi connectivity index (χ1v) is 7.70. The predicted molar refractivity (Wildman–Crippen MR) is 71.9 cm³/mol. The van der Waals surface area contributed by atoms with E-state index in [1.807, 2.05) is 4.72 Å². The molecule has 0 aromatic heterocycles. The molecular weight excluding hydrogens is 315 g/mol. The standard InChI is InChI=1S/C12H15ClF3NO2S/c1-11(2,12(3,15)16)17-20(18,19)7-8-6-9(14)4-5-10(8)13/h4-6,17H,7H2,1-3H3. The van der Waals surface area contributed by atoms with Gasteiger partial charge >= 0.3 is 0 Å². The molecule has 0 bridgehead atoms. The monoisotopic (exact) mass is 329 g/mol. The highest BCUT2D eigenvalue weighted by molar-refractivity contribution is 7.88. The van der Waals surface area contributed by atoms with E-state index in [1.54, 1.807) is 0 Å². The topological polar surface area (TPSA) is 46.2 Å². The van der Waals surface area contributed by atoms with Crippen LogP contribution >= 0.6 is 11.6 Å². The molecular formula is C12H15ClF3NO2S. The Morgan fingerprint density at radius 1 is 1.25 bits per heavy atom. The van der Waals surface area contributed by atoms with E-state index in [1.165, 1.54) is 6.07 Å². The molecule has 0 aliphatic carbocycles. The summed E-state index contributed by atoms with van der Waals surface area (Å²) in [6.07, 6.45) is 0. The van der Waals surface area contributed by atoms with Crippen molar-refractivity contribution in [3.63, 3.8) is 0 Å². The van der Waals surface area contributed by atoms with Crippen LogP contribution < -0.4 is 4.72 Å². The number of halogens is 4. The van der Waals surface area contributed by atoms with Gasteiger partial charge in [0.05, 0.1) is 11.3 Å². The Labute approximate surface area is 121 Å². The van der Waals surface area contributed by atoms with Crippen molar-refractivity contribution in [3.8, 4) is 0 Å². The van der Waals surface area contributed by atoms with Gasteiger partial charge in [0.1, 0.15) is 5.82 Å². The molecule has 1 N–H and O–H groups in total. The fraction of sp³-hybridized carbons (Fsp3) is 0.500. The third kappa shape index (κ3) is 4.36. The molecule has 0 saturated heterocycles. The van der Waals surface area contributed by atoms with E-state index in [9.17, 15) is 21.6 Å². The zero-order chi connectivity index (χ0) is 15.8. The quantitative estimate of drug-likeness (QED) is 0.900. The van der Waals surface area contributed by atoms with Gasteiger partial charge in [-0.05, 0) is 37.6 Å². The minimum Gasteiger partial charge on any atom is -0.212 e. The maximum Gasteiger partial charge on any atom is 0.263 e. The first kappa shape index (κ1) is 17.3. The Balaban J connectivity index is 2.99. The summed E-state index contributed by atoms with van der Waals surface area (Å²) >= 11 is 5.76. The molecule has 20 heavy (non-hydrogen) atoms. The number of benzene rings is 1. The molecule has 0 fully saturated rings. The lowest BCUT2D eigenvalue weighted by Crippen LogP contribution is -2.55. The van der Waals surface area contributed by atoms with Crippen molar-refractivity contribution in [1.82, 2.24) is 4.72 Å². The molecule has 1 rings (SSSR count). The van der Waals surface area contributed by atoms with Crippen molar-refractivity contribution >= 4 is 21.6 Å². The second-order valence-corrected chi connectivity index (χ2v) is 7.24. The van der Waals surface area contributed by atoms with E-state index in [0.717, 1.165) is 26.0 Å². The summed E-state index contributed by atoms with van der Waals surface area (Å²) in [5.41, 5.74) is -1.96. The Bertz CT molecular complexity index is 597. The van der Waals surface area contributed by atoms with E-state index in [-0.39, 0.29) is 10.6 Å². The van der Waals surface area contributed by atoms with Crippen LogP contribution in [0.4, 0.5) is 13.2 Å². The van der Waals surface area contributed by atoms with Gasteiger partial charge in [0.25, 0.3) is 5.92 Å². The number of hydrogen-bond acceptors (Lipinski definition) is 2. The maximum absolute atomic E-state index is 13.3. The maximum atomic E-state index is 13.3. The van der Waals surface area contributed by atoms with Gasteiger partial charge < -0.3 is 0 Å². The highest BCUT2D eigenvalue weighted by atomic mass is 35.5. The normalized spacial score (nSPS) is 13.6. The Morgan fingerprint density at radius 2 is 1.80 bits per heavy atom. The fourth-order valence-electron chi connectivity index (χ4n) is 1.37. The van der Waals surface area contributed by atoms with Crippen LogP contribution in [0.1, 0.15) is 26.3 Å². The number of hydrogen-bond donors (Lipinski definition) is 1. The Hall–Kier alpha value is -0.790. The van der Waals surface area contributed by atoms with Crippen LogP contribution in [0.2, 0.25) is 5.02 Å². The van der Waals surface area contributed by atoms with Crippen LogP contribution in [0.25, 0.3) is 0 Å². The average Bonchev–Trinajstić information content (AvgIpc) is 2.19. The minimum atomic E-state index is -4.10. The molecule has 3 nitrogen and oxygen atoms in total. The van der Waals surface area contributed by atoms with Gasteiger partial charge in [-0.15, -0.1) is 0 Å². The van der Waals surface area contributed by atoms with Crippen molar-refractivity contribution in [2.24, 2.45) is 0 Å². The summed E-state index contributed by atoms with van der Waals surface area (Å²) in [7, 11) is -4.10. The third-order valence-corrected chi connectivity index (χ3v) is 4.74. The summed E-state index contributed by atoms with van der Waals surface area (Å²) in [5.74, 6) is -4.59. The molecule has 0 radical (unpaired) electrons. The van der Waals surface area contributed by atoms with Crippen LogP contribution in [0.3, 0.4) is 0 Å². The molecule has 0 aliphatic heterocycles. The number of nitrogens with one attached hydrogen (secondary N) is 1. The number of rotatable bonds is 5. The predicted octanol–water partition coefficient (Wildman–Crippen LogP) is 3.33. The Kier molecular flexibility index (Phi) is 4.78. The highest BCUT2D eigenvalue weighted by Gasteiger charge is 2.44. The summed E-state index contributed by atoms with van der Waals surface area (Å²) in [6, 6.07) is 3.25. The molecule has 1 aromatic carbocycles.